The number of nitrogens with one attached hydrogen (secondary N) is 1. The van der Waals surface area contributed by atoms with E-state index in [0.717, 1.165) is 19.0 Å². The first-order valence-electron chi connectivity index (χ1n) is 8.60. The molecule has 1 N–H and O–H groups in total. The number of carbonyl (C=O) groups is 1. The van der Waals surface area contributed by atoms with Crippen molar-refractivity contribution < 1.29 is 22.3 Å². The average molecular weight is 405 g/mol. The van der Waals surface area contributed by atoms with E-state index in [-0.39, 0.29) is 16.2 Å². The largest absolute Gasteiger partial charge is 0.496 e. The van der Waals surface area contributed by atoms with E-state index < -0.39 is 21.7 Å². The minimum absolute atomic E-state index is 0.0293. The molecule has 1 aliphatic heterocycles. The zero-order chi connectivity index (χ0) is 20.3. The van der Waals surface area contributed by atoms with Crippen LogP contribution in [0.2, 0.25) is 0 Å². The fourth-order valence-electron chi connectivity index (χ4n) is 2.87. The van der Waals surface area contributed by atoms with Crippen LogP contribution in [0.5, 0.6) is 5.75 Å². The molecule has 1 amide bonds. The highest BCUT2D eigenvalue weighted by Gasteiger charge is 2.20. The zero-order valence-electron chi connectivity index (χ0n) is 15.5. The summed E-state index contributed by atoms with van der Waals surface area (Å²) in [6.07, 6.45) is 1.50. The lowest BCUT2D eigenvalue weighted by Gasteiger charge is -2.11. The van der Waals surface area contributed by atoms with Crippen LogP contribution in [0.4, 0.5) is 10.1 Å². The van der Waals surface area contributed by atoms with Gasteiger partial charge in [-0.25, -0.2) is 4.39 Å². The summed E-state index contributed by atoms with van der Waals surface area (Å²) in [4.78, 5) is 14.2. The Labute approximate surface area is 162 Å². The molecule has 1 fully saturated rings. The van der Waals surface area contributed by atoms with Crippen molar-refractivity contribution in [3.63, 3.8) is 0 Å². The van der Waals surface area contributed by atoms with Gasteiger partial charge in [-0.05, 0) is 48.9 Å². The average Bonchev–Trinajstić information content (AvgIpc) is 3.06. The topological polar surface area (TPSA) is 88.1 Å². The number of rotatable bonds is 5. The van der Waals surface area contributed by atoms with Crippen LogP contribution in [0, 0.1) is 5.82 Å². The van der Waals surface area contributed by atoms with Gasteiger partial charge in [0.05, 0.1) is 17.6 Å². The van der Waals surface area contributed by atoms with E-state index in [1.165, 1.54) is 43.5 Å². The van der Waals surface area contributed by atoms with Crippen LogP contribution in [0.25, 0.3) is 0 Å². The maximum Gasteiger partial charge on any atom is 0.283 e. The molecule has 0 radical (unpaired) electrons. The second-order valence-electron chi connectivity index (χ2n) is 6.33. The summed E-state index contributed by atoms with van der Waals surface area (Å²) < 4.78 is 47.3. The van der Waals surface area contributed by atoms with Gasteiger partial charge in [-0.15, -0.1) is 4.40 Å². The third-order valence-corrected chi connectivity index (χ3v) is 5.70. The number of amides is 1. The van der Waals surface area contributed by atoms with Gasteiger partial charge in [-0.2, -0.15) is 8.42 Å². The highest BCUT2D eigenvalue weighted by atomic mass is 32.2. The number of anilines is 1. The van der Waals surface area contributed by atoms with Gasteiger partial charge in [0.25, 0.3) is 15.9 Å². The van der Waals surface area contributed by atoms with Crippen molar-refractivity contribution in [3.05, 3.63) is 53.8 Å². The minimum Gasteiger partial charge on any atom is -0.496 e. The molecule has 7 nitrogen and oxygen atoms in total. The monoisotopic (exact) mass is 405 g/mol. The van der Waals surface area contributed by atoms with Gasteiger partial charge in [-0.3, -0.25) is 4.79 Å². The number of benzene rings is 2. The van der Waals surface area contributed by atoms with Crippen molar-refractivity contribution >= 4 is 27.5 Å². The van der Waals surface area contributed by atoms with E-state index in [1.807, 2.05) is 4.90 Å². The number of likely N-dealkylation sites (tertiary alicyclic amines) is 1. The lowest BCUT2D eigenvalue weighted by Crippen LogP contribution is -2.20. The molecule has 28 heavy (non-hydrogen) atoms. The van der Waals surface area contributed by atoms with E-state index in [4.69, 9.17) is 4.74 Å². The van der Waals surface area contributed by atoms with Gasteiger partial charge in [-0.1, -0.05) is 0 Å². The second kappa shape index (κ2) is 7.97. The Hall–Kier alpha value is -2.94. The molecule has 0 saturated carbocycles. The van der Waals surface area contributed by atoms with Crippen molar-refractivity contribution in [3.8, 4) is 5.75 Å². The molecular weight excluding hydrogens is 385 g/mol. The Morgan fingerprint density at radius 2 is 1.93 bits per heavy atom. The number of sulfonamides is 1. The lowest BCUT2D eigenvalue weighted by molar-refractivity contribution is 0.102. The summed E-state index contributed by atoms with van der Waals surface area (Å²) in [5.74, 6) is -0.367. The van der Waals surface area contributed by atoms with Crippen LogP contribution in [0.15, 0.2) is 51.8 Å². The summed E-state index contributed by atoms with van der Waals surface area (Å²) in [5, 5.41) is 2.59. The molecule has 148 valence electrons. The number of hydrogen-bond acceptors (Lipinski definition) is 4. The zero-order valence-corrected chi connectivity index (χ0v) is 16.3. The van der Waals surface area contributed by atoms with Crippen molar-refractivity contribution in [1.82, 2.24) is 4.90 Å². The van der Waals surface area contributed by atoms with E-state index in [0.29, 0.717) is 17.9 Å². The Kier molecular flexibility index (Phi) is 5.64. The van der Waals surface area contributed by atoms with E-state index in [9.17, 15) is 17.6 Å². The van der Waals surface area contributed by atoms with Crippen molar-refractivity contribution in [2.45, 2.75) is 17.7 Å². The summed E-state index contributed by atoms with van der Waals surface area (Å²) in [6.45, 7) is 0.781. The summed E-state index contributed by atoms with van der Waals surface area (Å²) in [7, 11) is -0.638. The molecule has 2 aromatic rings. The SMILES string of the molecule is COc1ccc(F)cc1C(=O)Nc1ccc(S(=O)(=O)/N=C2/CCCN2C)cc1. The third kappa shape index (κ3) is 4.30. The molecule has 2 aromatic carbocycles. The molecule has 0 unspecified atom stereocenters. The number of ether oxygens (including phenoxy) is 1. The first-order chi connectivity index (χ1) is 13.3. The van der Waals surface area contributed by atoms with Gasteiger partial charge in [0.1, 0.15) is 17.4 Å². The first-order valence-corrected chi connectivity index (χ1v) is 10.0. The second-order valence-corrected chi connectivity index (χ2v) is 7.93. The van der Waals surface area contributed by atoms with Crippen molar-refractivity contribution in [2.24, 2.45) is 4.40 Å². The molecule has 3 rings (SSSR count). The molecule has 9 heteroatoms. The summed E-state index contributed by atoms with van der Waals surface area (Å²) >= 11 is 0. The van der Waals surface area contributed by atoms with Gasteiger partial charge < -0.3 is 15.0 Å². The minimum atomic E-state index is -3.83. The van der Waals surface area contributed by atoms with E-state index in [1.54, 1.807) is 7.05 Å². The van der Waals surface area contributed by atoms with E-state index >= 15 is 0 Å². The Bertz CT molecular complexity index is 1020. The highest BCUT2D eigenvalue weighted by Crippen LogP contribution is 2.22. The maximum absolute atomic E-state index is 13.4. The van der Waals surface area contributed by atoms with Crippen LogP contribution in [-0.4, -0.2) is 45.8 Å². The Balaban J connectivity index is 1.78. The molecular formula is C19H20FN3O4S. The number of hydrogen-bond donors (Lipinski definition) is 1. The Morgan fingerprint density at radius 1 is 1.21 bits per heavy atom. The maximum atomic E-state index is 13.4. The van der Waals surface area contributed by atoms with Crippen molar-refractivity contribution in [2.75, 3.05) is 26.0 Å². The molecule has 1 heterocycles. The van der Waals surface area contributed by atoms with Crippen molar-refractivity contribution in [1.29, 1.82) is 0 Å². The number of halogens is 1. The van der Waals surface area contributed by atoms with Gasteiger partial charge >= 0.3 is 0 Å². The highest BCUT2D eigenvalue weighted by molar-refractivity contribution is 7.90. The standard InChI is InChI=1S/C19H20FN3O4S/c1-23-11-3-4-18(23)22-28(25,26)15-8-6-14(7-9-15)21-19(24)16-12-13(20)5-10-17(16)27-2/h5-10,12H,3-4,11H2,1-2H3,(H,21,24)/b22-18-. The van der Waals surface area contributed by atoms with Crippen LogP contribution in [0.3, 0.4) is 0 Å². The lowest BCUT2D eigenvalue weighted by atomic mass is 10.1. The number of carbonyl (C=O) groups excluding carboxylic acids is 1. The first kappa shape index (κ1) is 19.8. The van der Waals surface area contributed by atoms with Gasteiger partial charge in [0.2, 0.25) is 0 Å². The predicted octanol–water partition coefficient (Wildman–Crippen LogP) is 2.90. The van der Waals surface area contributed by atoms with Crippen LogP contribution >= 0.6 is 0 Å². The van der Waals surface area contributed by atoms with Crippen LogP contribution in [-0.2, 0) is 10.0 Å². The summed E-state index contributed by atoms with van der Waals surface area (Å²) in [5.41, 5.74) is 0.399. The quantitative estimate of drug-likeness (QED) is 0.826. The number of nitrogens with zero attached hydrogens (tertiary/aromatic N) is 2. The fourth-order valence-corrected chi connectivity index (χ4v) is 3.96. The number of methoxy groups -OCH3 is 1. The van der Waals surface area contributed by atoms with Crippen LogP contribution in [0.1, 0.15) is 23.2 Å². The molecule has 0 atom stereocenters. The molecule has 0 aliphatic carbocycles. The smallest absolute Gasteiger partial charge is 0.283 e. The summed E-state index contributed by atoms with van der Waals surface area (Å²) in [6, 6.07) is 9.27. The van der Waals surface area contributed by atoms with Gasteiger partial charge in [0, 0.05) is 25.7 Å². The molecule has 0 bridgehead atoms. The normalized spacial score (nSPS) is 15.7. The molecule has 1 aliphatic rings. The fraction of sp³-hybridized carbons (Fsp3) is 0.263. The predicted molar refractivity (Wildman–Crippen MR) is 104 cm³/mol. The molecule has 0 aromatic heterocycles. The molecule has 0 spiro atoms. The third-order valence-electron chi connectivity index (χ3n) is 4.38. The van der Waals surface area contributed by atoms with Crippen LogP contribution < -0.4 is 10.1 Å². The number of amidine groups is 1. The molecule has 1 saturated heterocycles. The van der Waals surface area contributed by atoms with Gasteiger partial charge in [0.15, 0.2) is 0 Å². The van der Waals surface area contributed by atoms with E-state index in [2.05, 4.69) is 9.71 Å². The Morgan fingerprint density at radius 3 is 2.54 bits per heavy atom.